The zero-order valence-electron chi connectivity index (χ0n) is 12.0. The van der Waals surface area contributed by atoms with Gasteiger partial charge in [-0.3, -0.25) is 4.90 Å². The minimum atomic E-state index is -0.501. The van der Waals surface area contributed by atoms with Crippen molar-refractivity contribution in [3.8, 4) is 17.2 Å². The summed E-state index contributed by atoms with van der Waals surface area (Å²) >= 11 is 0. The Morgan fingerprint density at radius 1 is 1.45 bits per heavy atom. The highest BCUT2D eigenvalue weighted by Gasteiger charge is 2.32. The lowest BCUT2D eigenvalue weighted by atomic mass is 9.95. The summed E-state index contributed by atoms with van der Waals surface area (Å²) in [4.78, 5) is 2.27. The quantitative estimate of drug-likeness (QED) is 0.914. The summed E-state index contributed by atoms with van der Waals surface area (Å²) in [5, 5.41) is 10.4. The van der Waals surface area contributed by atoms with Crippen LogP contribution in [0.1, 0.15) is 37.0 Å². The van der Waals surface area contributed by atoms with Crippen LogP contribution in [0.4, 0.5) is 0 Å². The number of hydrogen-bond acceptors (Lipinski definition) is 5. The van der Waals surface area contributed by atoms with E-state index >= 15 is 0 Å². The number of nitrogens with zero attached hydrogens (tertiary/aromatic N) is 1. The smallest absolute Gasteiger partial charge is 0.231 e. The van der Waals surface area contributed by atoms with Gasteiger partial charge in [-0.2, -0.15) is 0 Å². The molecule has 1 aromatic rings. The summed E-state index contributed by atoms with van der Waals surface area (Å²) in [6.07, 6.45) is 1.78. The average Bonchev–Trinajstić information content (AvgIpc) is 2.91. The van der Waals surface area contributed by atoms with E-state index in [4.69, 9.17) is 14.2 Å². The van der Waals surface area contributed by atoms with E-state index in [1.54, 1.807) is 7.11 Å². The second-order valence-corrected chi connectivity index (χ2v) is 5.32. The van der Waals surface area contributed by atoms with Crippen LogP contribution < -0.4 is 14.2 Å². The molecule has 2 heterocycles. The van der Waals surface area contributed by atoms with E-state index in [0.717, 1.165) is 37.1 Å². The third-order valence-electron chi connectivity index (χ3n) is 3.96. The van der Waals surface area contributed by atoms with Gasteiger partial charge in [0.1, 0.15) is 0 Å². The number of fused-ring (bicyclic) bond motifs is 2. The standard InChI is InChI=1S/C15H21NO4/c1-3-4-5-16-7-11-10(12(17)8-16)6-13-15(14(11)18-2)20-9-19-13/h6,12,17H,3-5,7-9H2,1-2H3. The number of benzene rings is 1. The van der Waals surface area contributed by atoms with Gasteiger partial charge in [-0.15, -0.1) is 0 Å². The maximum absolute atomic E-state index is 10.4. The van der Waals surface area contributed by atoms with Crippen molar-refractivity contribution in [1.82, 2.24) is 4.90 Å². The molecule has 0 saturated carbocycles. The summed E-state index contributed by atoms with van der Waals surface area (Å²) in [6, 6.07) is 1.89. The molecule has 0 spiro atoms. The van der Waals surface area contributed by atoms with Crippen LogP contribution in [-0.2, 0) is 6.54 Å². The average molecular weight is 279 g/mol. The zero-order valence-corrected chi connectivity index (χ0v) is 12.0. The van der Waals surface area contributed by atoms with E-state index in [1.165, 1.54) is 0 Å². The molecule has 0 aromatic heterocycles. The van der Waals surface area contributed by atoms with Crippen molar-refractivity contribution in [3.05, 3.63) is 17.2 Å². The third kappa shape index (κ3) is 2.21. The van der Waals surface area contributed by atoms with Crippen LogP contribution in [0.5, 0.6) is 17.2 Å². The molecule has 1 unspecified atom stereocenters. The highest BCUT2D eigenvalue weighted by atomic mass is 16.7. The molecule has 1 atom stereocenters. The number of ether oxygens (including phenoxy) is 3. The number of rotatable bonds is 4. The molecule has 0 fully saturated rings. The van der Waals surface area contributed by atoms with Gasteiger partial charge in [0.2, 0.25) is 12.5 Å². The largest absolute Gasteiger partial charge is 0.492 e. The van der Waals surface area contributed by atoms with Crippen molar-refractivity contribution >= 4 is 0 Å². The molecular formula is C15H21NO4. The minimum absolute atomic E-state index is 0.213. The maximum atomic E-state index is 10.4. The van der Waals surface area contributed by atoms with Crippen molar-refractivity contribution in [2.45, 2.75) is 32.4 Å². The fourth-order valence-corrected chi connectivity index (χ4v) is 2.93. The summed E-state index contributed by atoms with van der Waals surface area (Å²) in [7, 11) is 1.63. The van der Waals surface area contributed by atoms with Crippen LogP contribution in [0.15, 0.2) is 6.07 Å². The maximum Gasteiger partial charge on any atom is 0.231 e. The normalized spacial score (nSPS) is 20.9. The van der Waals surface area contributed by atoms with E-state index in [1.807, 2.05) is 6.07 Å². The number of methoxy groups -OCH3 is 1. The summed E-state index contributed by atoms with van der Waals surface area (Å²) in [6.45, 7) is 4.82. The van der Waals surface area contributed by atoms with E-state index in [-0.39, 0.29) is 6.79 Å². The Bertz CT molecular complexity index is 503. The number of aliphatic hydroxyl groups excluding tert-OH is 1. The van der Waals surface area contributed by atoms with Crippen LogP contribution in [0.3, 0.4) is 0 Å². The molecular weight excluding hydrogens is 258 g/mol. The molecule has 5 nitrogen and oxygen atoms in total. The molecule has 0 radical (unpaired) electrons. The summed E-state index contributed by atoms with van der Waals surface area (Å²) < 4.78 is 16.4. The first-order valence-corrected chi connectivity index (χ1v) is 7.14. The number of β-amino-alcohol motifs (C(OH)–C–C–N with tert-alkyl or cyclic N) is 1. The molecule has 0 aliphatic carbocycles. The molecule has 20 heavy (non-hydrogen) atoms. The third-order valence-corrected chi connectivity index (χ3v) is 3.96. The molecule has 2 aliphatic rings. The van der Waals surface area contributed by atoms with E-state index in [0.29, 0.717) is 23.8 Å². The van der Waals surface area contributed by atoms with E-state index in [9.17, 15) is 5.11 Å². The lowest BCUT2D eigenvalue weighted by Gasteiger charge is -2.33. The Hall–Kier alpha value is -1.46. The first-order chi connectivity index (χ1) is 9.74. The van der Waals surface area contributed by atoms with Gasteiger partial charge in [0.25, 0.3) is 0 Å². The topological polar surface area (TPSA) is 51.2 Å². The predicted molar refractivity (Wildman–Crippen MR) is 74.3 cm³/mol. The number of aliphatic hydroxyl groups is 1. The van der Waals surface area contributed by atoms with Crippen molar-refractivity contribution < 1.29 is 19.3 Å². The van der Waals surface area contributed by atoms with Gasteiger partial charge in [-0.05, 0) is 24.6 Å². The predicted octanol–water partition coefficient (Wildman–Crippen LogP) is 2.07. The van der Waals surface area contributed by atoms with Crippen molar-refractivity contribution in [2.24, 2.45) is 0 Å². The van der Waals surface area contributed by atoms with Crippen LogP contribution >= 0.6 is 0 Å². The van der Waals surface area contributed by atoms with Gasteiger partial charge in [0.15, 0.2) is 11.5 Å². The second kappa shape index (κ2) is 5.50. The molecule has 0 bridgehead atoms. The van der Waals surface area contributed by atoms with Crippen molar-refractivity contribution in [1.29, 1.82) is 0 Å². The SMILES string of the molecule is CCCCN1Cc2c(cc3c(c2OC)OCO3)C(O)C1. The zero-order chi connectivity index (χ0) is 14.1. The molecule has 0 amide bonds. The Balaban J connectivity index is 1.97. The monoisotopic (exact) mass is 279 g/mol. The number of unbranched alkanes of at least 4 members (excludes halogenated alkanes) is 1. The highest BCUT2D eigenvalue weighted by Crippen LogP contribution is 2.48. The molecule has 2 aliphatic heterocycles. The molecule has 1 N–H and O–H groups in total. The Morgan fingerprint density at radius 3 is 3.05 bits per heavy atom. The first kappa shape index (κ1) is 13.5. The second-order valence-electron chi connectivity index (χ2n) is 5.32. The molecule has 1 aromatic carbocycles. The Morgan fingerprint density at radius 2 is 2.30 bits per heavy atom. The lowest BCUT2D eigenvalue weighted by Crippen LogP contribution is -2.34. The van der Waals surface area contributed by atoms with Gasteiger partial charge in [0.05, 0.1) is 13.2 Å². The minimum Gasteiger partial charge on any atom is -0.492 e. The van der Waals surface area contributed by atoms with Crippen LogP contribution in [0.2, 0.25) is 0 Å². The van der Waals surface area contributed by atoms with Crippen LogP contribution in [0.25, 0.3) is 0 Å². The highest BCUT2D eigenvalue weighted by molar-refractivity contribution is 5.61. The van der Waals surface area contributed by atoms with Crippen LogP contribution in [0, 0.1) is 0 Å². The van der Waals surface area contributed by atoms with Crippen LogP contribution in [-0.4, -0.2) is 37.0 Å². The first-order valence-electron chi connectivity index (χ1n) is 7.14. The Kier molecular flexibility index (Phi) is 3.72. The molecule has 3 rings (SSSR count). The van der Waals surface area contributed by atoms with Crippen molar-refractivity contribution in [2.75, 3.05) is 27.0 Å². The van der Waals surface area contributed by atoms with Crippen molar-refractivity contribution in [3.63, 3.8) is 0 Å². The molecule has 5 heteroatoms. The number of hydrogen-bond donors (Lipinski definition) is 1. The van der Waals surface area contributed by atoms with Gasteiger partial charge in [-0.25, -0.2) is 0 Å². The van der Waals surface area contributed by atoms with Gasteiger partial charge < -0.3 is 19.3 Å². The lowest BCUT2D eigenvalue weighted by molar-refractivity contribution is 0.0900. The fraction of sp³-hybridized carbons (Fsp3) is 0.600. The Labute approximate surface area is 119 Å². The summed E-state index contributed by atoms with van der Waals surface area (Å²) in [5.74, 6) is 2.03. The van der Waals surface area contributed by atoms with Gasteiger partial charge >= 0.3 is 0 Å². The van der Waals surface area contributed by atoms with E-state index in [2.05, 4.69) is 11.8 Å². The van der Waals surface area contributed by atoms with E-state index < -0.39 is 6.10 Å². The fourth-order valence-electron chi connectivity index (χ4n) is 2.93. The van der Waals surface area contributed by atoms with Gasteiger partial charge in [0, 0.05) is 18.7 Å². The summed E-state index contributed by atoms with van der Waals surface area (Å²) in [5.41, 5.74) is 1.92. The molecule has 110 valence electrons. The molecule has 0 saturated heterocycles. The van der Waals surface area contributed by atoms with Gasteiger partial charge in [-0.1, -0.05) is 13.3 Å².